The zero-order chi connectivity index (χ0) is 17.8. The van der Waals surface area contributed by atoms with Crippen LogP contribution in [-0.2, 0) is 0 Å². The third-order valence-electron chi connectivity index (χ3n) is 3.74. The molecule has 1 N–H and O–H groups in total. The fourth-order valence-electron chi connectivity index (χ4n) is 2.56. The van der Waals surface area contributed by atoms with Crippen LogP contribution in [0.3, 0.4) is 0 Å². The van der Waals surface area contributed by atoms with Gasteiger partial charge >= 0.3 is 0 Å². The molecule has 2 aromatic carbocycles. The second-order valence-electron chi connectivity index (χ2n) is 5.30. The number of benzene rings is 2. The summed E-state index contributed by atoms with van der Waals surface area (Å²) in [5, 5.41) is 3.79. The Kier molecular flexibility index (Phi) is 4.97. The molecule has 1 aromatic heterocycles. The number of nitrogens with one attached hydrogen (secondary N) is 1. The highest BCUT2D eigenvalue weighted by atomic mass is 19.1. The molecule has 0 fully saturated rings. The largest absolute Gasteiger partial charge is 0.486 e. The number of aryl methyl sites for hydroxylation is 1. The smallest absolute Gasteiger partial charge is 0.163 e. The second-order valence-corrected chi connectivity index (χ2v) is 5.30. The predicted molar refractivity (Wildman–Crippen MR) is 96.3 cm³/mol. The van der Waals surface area contributed by atoms with Gasteiger partial charge < -0.3 is 14.8 Å². The monoisotopic (exact) mass is 341 g/mol. The summed E-state index contributed by atoms with van der Waals surface area (Å²) in [5.41, 5.74) is 1.65. The fraction of sp³-hybridized carbons (Fsp3) is 0.263. The molecule has 0 saturated heterocycles. The Labute approximate surface area is 145 Å². The van der Waals surface area contributed by atoms with E-state index in [-0.39, 0.29) is 5.82 Å². The van der Waals surface area contributed by atoms with Gasteiger partial charge in [0.1, 0.15) is 31.2 Å². The van der Waals surface area contributed by atoms with E-state index < -0.39 is 0 Å². The molecule has 130 valence electrons. The van der Waals surface area contributed by atoms with Crippen LogP contribution >= 0.6 is 0 Å². The molecule has 1 aliphatic rings. The van der Waals surface area contributed by atoms with Crippen molar-refractivity contribution in [1.29, 1.82) is 0 Å². The summed E-state index contributed by atoms with van der Waals surface area (Å²) in [6.07, 6.45) is 1.44. The van der Waals surface area contributed by atoms with Crippen molar-refractivity contribution in [3.63, 3.8) is 0 Å². The number of anilines is 2. The molecule has 0 saturated carbocycles. The first-order valence-electron chi connectivity index (χ1n) is 8.29. The van der Waals surface area contributed by atoms with E-state index in [1.54, 1.807) is 25.1 Å². The predicted octanol–water partition coefficient (Wildman–Crippen LogP) is 4.62. The quantitative estimate of drug-likeness (QED) is 0.737. The average molecular weight is 341 g/mol. The van der Waals surface area contributed by atoms with Crippen LogP contribution in [0.25, 0.3) is 10.9 Å². The molecule has 25 heavy (non-hydrogen) atoms. The number of rotatable bonds is 2. The molecule has 0 radical (unpaired) electrons. The fourth-order valence-corrected chi connectivity index (χ4v) is 2.56. The van der Waals surface area contributed by atoms with E-state index in [2.05, 4.69) is 15.3 Å². The van der Waals surface area contributed by atoms with Gasteiger partial charge in [-0.25, -0.2) is 14.4 Å². The lowest BCUT2D eigenvalue weighted by atomic mass is 10.1. The molecule has 1 aliphatic heterocycles. The molecule has 0 bridgehead atoms. The topological polar surface area (TPSA) is 56.3 Å². The Morgan fingerprint density at radius 1 is 1.04 bits per heavy atom. The normalized spacial score (nSPS) is 12.3. The number of ether oxygens (including phenoxy) is 2. The highest BCUT2D eigenvalue weighted by Gasteiger charge is 2.16. The molecule has 2 heterocycles. The van der Waals surface area contributed by atoms with E-state index in [4.69, 9.17) is 9.47 Å². The SMILES string of the molecule is CC.Cc1cccc(Nc2ncnc3cc4c(cc23)OCCO4)c1F. The molecule has 0 unspecified atom stereocenters. The lowest BCUT2D eigenvalue weighted by Gasteiger charge is -2.19. The maximum Gasteiger partial charge on any atom is 0.163 e. The first kappa shape index (κ1) is 17.0. The molecular formula is C19H20FN3O2. The van der Waals surface area contributed by atoms with Gasteiger partial charge in [-0.1, -0.05) is 26.0 Å². The van der Waals surface area contributed by atoms with Crippen molar-refractivity contribution < 1.29 is 13.9 Å². The van der Waals surface area contributed by atoms with Crippen LogP contribution in [-0.4, -0.2) is 23.2 Å². The number of hydrogen-bond acceptors (Lipinski definition) is 5. The van der Waals surface area contributed by atoms with Crippen LogP contribution in [0.2, 0.25) is 0 Å². The van der Waals surface area contributed by atoms with E-state index >= 15 is 0 Å². The molecule has 0 spiro atoms. The van der Waals surface area contributed by atoms with E-state index in [0.29, 0.717) is 47.3 Å². The molecule has 0 aliphatic carbocycles. The number of nitrogens with zero attached hydrogens (tertiary/aromatic N) is 2. The van der Waals surface area contributed by atoms with Crippen molar-refractivity contribution in [2.75, 3.05) is 18.5 Å². The van der Waals surface area contributed by atoms with E-state index in [0.717, 1.165) is 5.39 Å². The summed E-state index contributed by atoms with van der Waals surface area (Å²) >= 11 is 0. The van der Waals surface area contributed by atoms with Crippen LogP contribution < -0.4 is 14.8 Å². The van der Waals surface area contributed by atoms with Crippen LogP contribution in [0.4, 0.5) is 15.9 Å². The Hall–Kier alpha value is -2.89. The summed E-state index contributed by atoms with van der Waals surface area (Å²) in [6.45, 7) is 6.74. The van der Waals surface area contributed by atoms with Gasteiger partial charge in [0, 0.05) is 11.5 Å². The summed E-state index contributed by atoms with van der Waals surface area (Å²) in [4.78, 5) is 8.49. The Balaban J connectivity index is 0.000000880. The Morgan fingerprint density at radius 3 is 2.52 bits per heavy atom. The number of aromatic nitrogens is 2. The van der Waals surface area contributed by atoms with Gasteiger partial charge in [0.05, 0.1) is 11.2 Å². The zero-order valence-corrected chi connectivity index (χ0v) is 14.5. The van der Waals surface area contributed by atoms with Crippen molar-refractivity contribution in [3.8, 4) is 11.5 Å². The zero-order valence-electron chi connectivity index (χ0n) is 14.5. The van der Waals surface area contributed by atoms with Crippen molar-refractivity contribution in [3.05, 3.63) is 48.0 Å². The minimum atomic E-state index is -0.295. The van der Waals surface area contributed by atoms with Crippen LogP contribution in [0, 0.1) is 12.7 Å². The van der Waals surface area contributed by atoms with E-state index in [1.165, 1.54) is 6.33 Å². The first-order chi connectivity index (χ1) is 12.2. The third-order valence-corrected chi connectivity index (χ3v) is 3.74. The summed E-state index contributed by atoms with van der Waals surface area (Å²) < 4.78 is 25.4. The second kappa shape index (κ2) is 7.34. The maximum absolute atomic E-state index is 14.2. The lowest BCUT2D eigenvalue weighted by molar-refractivity contribution is 0.172. The van der Waals surface area contributed by atoms with Gasteiger partial charge in [-0.05, 0) is 24.6 Å². The van der Waals surface area contributed by atoms with Crippen molar-refractivity contribution in [2.24, 2.45) is 0 Å². The lowest BCUT2D eigenvalue weighted by Crippen LogP contribution is -2.15. The van der Waals surface area contributed by atoms with Crippen LogP contribution in [0.1, 0.15) is 19.4 Å². The van der Waals surface area contributed by atoms with Gasteiger partial charge in [0.15, 0.2) is 11.5 Å². The number of hydrogen-bond donors (Lipinski definition) is 1. The summed E-state index contributed by atoms with van der Waals surface area (Å²) in [5.74, 6) is 1.54. The van der Waals surface area contributed by atoms with Crippen molar-refractivity contribution >= 4 is 22.4 Å². The minimum absolute atomic E-state index is 0.295. The van der Waals surface area contributed by atoms with E-state index in [1.807, 2.05) is 26.0 Å². The van der Waals surface area contributed by atoms with Crippen molar-refractivity contribution in [1.82, 2.24) is 9.97 Å². The maximum atomic E-state index is 14.2. The van der Waals surface area contributed by atoms with Gasteiger partial charge in [-0.15, -0.1) is 0 Å². The first-order valence-corrected chi connectivity index (χ1v) is 8.29. The molecule has 3 aromatic rings. The van der Waals surface area contributed by atoms with E-state index in [9.17, 15) is 4.39 Å². The van der Waals surface area contributed by atoms with Gasteiger partial charge in [0.25, 0.3) is 0 Å². The Morgan fingerprint density at radius 2 is 1.76 bits per heavy atom. The summed E-state index contributed by atoms with van der Waals surface area (Å²) in [6, 6.07) is 8.82. The molecule has 5 nitrogen and oxygen atoms in total. The summed E-state index contributed by atoms with van der Waals surface area (Å²) in [7, 11) is 0. The number of halogens is 1. The van der Waals surface area contributed by atoms with Gasteiger partial charge in [-0.3, -0.25) is 0 Å². The highest BCUT2D eigenvalue weighted by molar-refractivity contribution is 5.93. The van der Waals surface area contributed by atoms with Gasteiger partial charge in [0.2, 0.25) is 0 Å². The van der Waals surface area contributed by atoms with Crippen LogP contribution in [0.5, 0.6) is 11.5 Å². The van der Waals surface area contributed by atoms with Crippen LogP contribution in [0.15, 0.2) is 36.7 Å². The number of fused-ring (bicyclic) bond motifs is 2. The molecule has 0 atom stereocenters. The molecule has 4 rings (SSSR count). The highest BCUT2D eigenvalue weighted by Crippen LogP contribution is 2.36. The standard InChI is InChI=1S/C17H14FN3O2.C2H6/c1-10-3-2-4-12(16(10)18)21-17-11-7-14-15(23-6-5-22-14)8-13(11)19-9-20-17;1-2/h2-4,7-9H,5-6H2,1H3,(H,19,20,21);1-2H3. The Bertz CT molecular complexity index is 899. The average Bonchev–Trinajstić information content (AvgIpc) is 2.66. The van der Waals surface area contributed by atoms with Crippen molar-refractivity contribution in [2.45, 2.75) is 20.8 Å². The molecule has 6 heteroatoms. The molecular weight excluding hydrogens is 321 g/mol. The molecule has 0 amide bonds. The van der Waals surface area contributed by atoms with Gasteiger partial charge in [-0.2, -0.15) is 0 Å². The minimum Gasteiger partial charge on any atom is -0.486 e. The third kappa shape index (κ3) is 3.33.